The van der Waals surface area contributed by atoms with E-state index in [-0.39, 0.29) is 24.2 Å². The molecule has 2 N–H and O–H groups in total. The van der Waals surface area contributed by atoms with E-state index in [0.717, 1.165) is 19.4 Å². The molecule has 0 aliphatic carbocycles. The van der Waals surface area contributed by atoms with Crippen LogP contribution in [0.15, 0.2) is 24.3 Å². The molecule has 18 heavy (non-hydrogen) atoms. The summed E-state index contributed by atoms with van der Waals surface area (Å²) in [5.74, 6) is -0.412. The van der Waals surface area contributed by atoms with Crippen molar-refractivity contribution in [2.45, 2.75) is 38.3 Å². The van der Waals surface area contributed by atoms with Crippen molar-refractivity contribution in [3.63, 3.8) is 0 Å². The first-order valence-corrected chi connectivity index (χ1v) is 6.41. The average Bonchev–Trinajstić information content (AvgIpc) is 2.32. The number of hydrogen-bond acceptors (Lipinski definition) is 2. The molecule has 2 rings (SSSR count). The number of carbonyl (C=O) groups excluding carboxylic acids is 1. The fourth-order valence-electron chi connectivity index (χ4n) is 2.36. The minimum atomic E-state index is -0.314. The predicted molar refractivity (Wildman–Crippen MR) is 68.7 cm³/mol. The second-order valence-corrected chi connectivity index (χ2v) is 4.91. The normalized spacial score (nSPS) is 23.7. The maximum Gasteiger partial charge on any atom is 0.224 e. The lowest BCUT2D eigenvalue weighted by Crippen LogP contribution is -2.47. The third kappa shape index (κ3) is 3.53. The van der Waals surface area contributed by atoms with E-state index in [4.69, 9.17) is 0 Å². The fourth-order valence-corrected chi connectivity index (χ4v) is 2.36. The van der Waals surface area contributed by atoms with Gasteiger partial charge in [-0.15, -0.1) is 0 Å². The minimum Gasteiger partial charge on any atom is -0.353 e. The van der Waals surface area contributed by atoms with Crippen LogP contribution in [0.1, 0.15) is 25.3 Å². The van der Waals surface area contributed by atoms with E-state index in [9.17, 15) is 9.18 Å². The highest BCUT2D eigenvalue weighted by molar-refractivity contribution is 5.78. The Hall–Kier alpha value is -1.42. The van der Waals surface area contributed by atoms with Gasteiger partial charge in [-0.1, -0.05) is 18.2 Å². The van der Waals surface area contributed by atoms with Gasteiger partial charge in [0.25, 0.3) is 0 Å². The molecule has 1 saturated heterocycles. The number of benzene rings is 1. The van der Waals surface area contributed by atoms with Gasteiger partial charge in [0.15, 0.2) is 0 Å². The molecule has 1 aromatic carbocycles. The summed E-state index contributed by atoms with van der Waals surface area (Å²) < 4.78 is 13.4. The predicted octanol–water partition coefficient (Wildman–Crippen LogP) is 1.62. The van der Waals surface area contributed by atoms with Crippen LogP contribution in [0.5, 0.6) is 0 Å². The quantitative estimate of drug-likeness (QED) is 0.856. The molecule has 1 heterocycles. The summed E-state index contributed by atoms with van der Waals surface area (Å²) in [4.78, 5) is 11.8. The summed E-state index contributed by atoms with van der Waals surface area (Å²) in [7, 11) is 0. The van der Waals surface area contributed by atoms with E-state index in [1.54, 1.807) is 18.2 Å². The summed E-state index contributed by atoms with van der Waals surface area (Å²) in [6.07, 6.45) is 1.99. The maximum absolute atomic E-state index is 13.4. The van der Waals surface area contributed by atoms with Crippen LogP contribution in [-0.4, -0.2) is 24.5 Å². The minimum absolute atomic E-state index is 0.0980. The van der Waals surface area contributed by atoms with Crippen LogP contribution in [0, 0.1) is 5.82 Å². The van der Waals surface area contributed by atoms with E-state index < -0.39 is 0 Å². The molecule has 0 aromatic heterocycles. The maximum atomic E-state index is 13.4. The van der Waals surface area contributed by atoms with Crippen LogP contribution in [-0.2, 0) is 11.2 Å². The number of hydrogen-bond donors (Lipinski definition) is 2. The molecule has 4 heteroatoms. The van der Waals surface area contributed by atoms with Crippen LogP contribution >= 0.6 is 0 Å². The lowest BCUT2D eigenvalue weighted by atomic mass is 10.0. The third-order valence-corrected chi connectivity index (χ3v) is 3.30. The fraction of sp³-hybridized carbons (Fsp3) is 0.500. The Morgan fingerprint density at radius 1 is 1.50 bits per heavy atom. The summed E-state index contributed by atoms with van der Waals surface area (Å²) in [6.45, 7) is 3.03. The molecule has 0 spiro atoms. The van der Waals surface area contributed by atoms with Crippen molar-refractivity contribution in [2.75, 3.05) is 6.54 Å². The van der Waals surface area contributed by atoms with Crippen molar-refractivity contribution in [3.8, 4) is 0 Å². The summed E-state index contributed by atoms with van der Waals surface area (Å²) in [6, 6.07) is 7.05. The van der Waals surface area contributed by atoms with Gasteiger partial charge in [0.2, 0.25) is 5.91 Å². The molecule has 1 amide bonds. The molecule has 3 nitrogen and oxygen atoms in total. The first-order valence-electron chi connectivity index (χ1n) is 6.41. The van der Waals surface area contributed by atoms with Crippen molar-refractivity contribution in [1.82, 2.24) is 10.6 Å². The van der Waals surface area contributed by atoms with Gasteiger partial charge in [0.1, 0.15) is 5.82 Å². The number of carbonyl (C=O) groups is 1. The van der Waals surface area contributed by atoms with Crippen molar-refractivity contribution >= 4 is 5.91 Å². The number of rotatable bonds is 3. The van der Waals surface area contributed by atoms with Gasteiger partial charge in [-0.25, -0.2) is 4.39 Å². The van der Waals surface area contributed by atoms with Gasteiger partial charge in [0, 0.05) is 12.1 Å². The van der Waals surface area contributed by atoms with E-state index in [2.05, 4.69) is 17.6 Å². The van der Waals surface area contributed by atoms with Gasteiger partial charge >= 0.3 is 0 Å². The molecule has 0 bridgehead atoms. The van der Waals surface area contributed by atoms with E-state index >= 15 is 0 Å². The standard InChI is InChI=1S/C14H19FN2O/c1-10-8-12(6-7-16-10)17-14(18)9-11-4-2-3-5-13(11)15/h2-5,10,12,16H,6-9H2,1H3,(H,17,18). The second-order valence-electron chi connectivity index (χ2n) is 4.91. The molecular weight excluding hydrogens is 231 g/mol. The van der Waals surface area contributed by atoms with Crippen molar-refractivity contribution in [2.24, 2.45) is 0 Å². The number of halogens is 1. The second kappa shape index (κ2) is 5.96. The zero-order valence-corrected chi connectivity index (χ0v) is 10.6. The molecule has 1 aromatic rings. The van der Waals surface area contributed by atoms with Gasteiger partial charge in [-0.3, -0.25) is 4.79 Å². The Balaban J connectivity index is 1.87. The van der Waals surface area contributed by atoms with Crippen LogP contribution in [0.3, 0.4) is 0 Å². The van der Waals surface area contributed by atoms with Gasteiger partial charge in [0.05, 0.1) is 6.42 Å². The largest absolute Gasteiger partial charge is 0.353 e. The van der Waals surface area contributed by atoms with Crippen molar-refractivity contribution in [3.05, 3.63) is 35.6 Å². The van der Waals surface area contributed by atoms with Gasteiger partial charge in [-0.05, 0) is 37.9 Å². The molecule has 2 unspecified atom stereocenters. The molecule has 1 fully saturated rings. The summed E-state index contributed by atoms with van der Waals surface area (Å²) in [5.41, 5.74) is 0.456. The highest BCUT2D eigenvalue weighted by Gasteiger charge is 2.20. The highest BCUT2D eigenvalue weighted by atomic mass is 19.1. The molecule has 2 atom stereocenters. The first kappa shape index (κ1) is 13.0. The van der Waals surface area contributed by atoms with Crippen LogP contribution < -0.4 is 10.6 Å². The molecule has 98 valence electrons. The Morgan fingerprint density at radius 2 is 2.28 bits per heavy atom. The van der Waals surface area contributed by atoms with E-state index in [1.807, 2.05) is 0 Å². The van der Waals surface area contributed by atoms with Crippen LogP contribution in [0.4, 0.5) is 4.39 Å². The number of piperidine rings is 1. The van der Waals surface area contributed by atoms with Gasteiger partial charge in [-0.2, -0.15) is 0 Å². The third-order valence-electron chi connectivity index (χ3n) is 3.30. The summed E-state index contributed by atoms with van der Waals surface area (Å²) in [5, 5.41) is 6.31. The lowest BCUT2D eigenvalue weighted by Gasteiger charge is -2.28. The Kier molecular flexibility index (Phi) is 4.31. The molecular formula is C14H19FN2O. The SMILES string of the molecule is CC1CC(NC(=O)Cc2ccccc2F)CCN1. The zero-order valence-electron chi connectivity index (χ0n) is 10.6. The summed E-state index contributed by atoms with van der Waals surface area (Å²) >= 11 is 0. The monoisotopic (exact) mass is 250 g/mol. The Morgan fingerprint density at radius 3 is 3.00 bits per heavy atom. The van der Waals surface area contributed by atoms with Crippen molar-refractivity contribution in [1.29, 1.82) is 0 Å². The van der Waals surface area contributed by atoms with Crippen LogP contribution in [0.25, 0.3) is 0 Å². The number of amides is 1. The van der Waals surface area contributed by atoms with E-state index in [1.165, 1.54) is 6.07 Å². The Bertz CT molecular complexity index is 422. The topological polar surface area (TPSA) is 41.1 Å². The molecule has 0 saturated carbocycles. The van der Waals surface area contributed by atoms with E-state index in [0.29, 0.717) is 11.6 Å². The number of nitrogens with one attached hydrogen (secondary N) is 2. The highest BCUT2D eigenvalue weighted by Crippen LogP contribution is 2.10. The van der Waals surface area contributed by atoms with Crippen LogP contribution in [0.2, 0.25) is 0 Å². The first-order chi connectivity index (χ1) is 8.65. The molecule has 0 radical (unpaired) electrons. The average molecular weight is 250 g/mol. The lowest BCUT2D eigenvalue weighted by molar-refractivity contribution is -0.121. The van der Waals surface area contributed by atoms with Gasteiger partial charge < -0.3 is 10.6 Å². The molecule has 1 aliphatic heterocycles. The van der Waals surface area contributed by atoms with Crippen molar-refractivity contribution < 1.29 is 9.18 Å². The zero-order chi connectivity index (χ0) is 13.0. The Labute approximate surface area is 107 Å². The smallest absolute Gasteiger partial charge is 0.224 e. The molecule has 1 aliphatic rings.